The second-order valence-electron chi connectivity index (χ2n) is 8.00. The topological polar surface area (TPSA) is 62.2 Å². The molecular formula is C24H26ClN5O. The summed E-state index contributed by atoms with van der Waals surface area (Å²) in [5.74, 6) is 0.735. The first-order valence-electron chi connectivity index (χ1n) is 10.5. The van der Waals surface area contributed by atoms with Gasteiger partial charge in [0.2, 0.25) is 11.9 Å². The third-order valence-corrected chi connectivity index (χ3v) is 5.82. The number of hydrogen-bond acceptors (Lipinski definition) is 5. The van der Waals surface area contributed by atoms with E-state index in [-0.39, 0.29) is 11.9 Å². The second kappa shape index (κ2) is 9.43. The van der Waals surface area contributed by atoms with E-state index in [0.717, 1.165) is 48.2 Å². The number of hydrogen-bond donors (Lipinski definition) is 0. The molecule has 1 unspecified atom stereocenters. The quantitative estimate of drug-likeness (QED) is 0.588. The molecule has 1 aliphatic rings. The average molecular weight is 436 g/mol. The van der Waals surface area contributed by atoms with E-state index in [0.29, 0.717) is 17.4 Å². The SMILES string of the molecule is CN(C)c1ncc(-c2ccncc2)c(C2CCCCN2C(=O)Cc2cccc(Cl)c2)n1. The molecule has 0 bridgehead atoms. The van der Waals surface area contributed by atoms with Crippen molar-refractivity contribution < 1.29 is 4.79 Å². The summed E-state index contributed by atoms with van der Waals surface area (Å²) in [6, 6.07) is 11.3. The van der Waals surface area contributed by atoms with Crippen LogP contribution in [0.2, 0.25) is 5.02 Å². The zero-order valence-corrected chi connectivity index (χ0v) is 18.6. The minimum Gasteiger partial charge on any atom is -0.347 e. The fourth-order valence-corrected chi connectivity index (χ4v) is 4.26. The molecule has 0 aliphatic carbocycles. The lowest BCUT2D eigenvalue weighted by atomic mass is 9.93. The van der Waals surface area contributed by atoms with Crippen molar-refractivity contribution in [3.05, 3.63) is 71.3 Å². The molecule has 4 rings (SSSR count). The molecule has 7 heteroatoms. The van der Waals surface area contributed by atoms with E-state index in [4.69, 9.17) is 16.6 Å². The van der Waals surface area contributed by atoms with Gasteiger partial charge in [0.25, 0.3) is 0 Å². The minimum atomic E-state index is -0.0923. The summed E-state index contributed by atoms with van der Waals surface area (Å²) in [6.07, 6.45) is 8.65. The van der Waals surface area contributed by atoms with Crippen LogP contribution in [0.25, 0.3) is 11.1 Å². The van der Waals surface area contributed by atoms with Crippen LogP contribution in [0, 0.1) is 0 Å². The highest BCUT2D eigenvalue weighted by molar-refractivity contribution is 6.30. The summed E-state index contributed by atoms with van der Waals surface area (Å²) < 4.78 is 0. The Kier molecular flexibility index (Phi) is 6.47. The molecule has 0 saturated carbocycles. The molecule has 1 saturated heterocycles. The predicted molar refractivity (Wildman–Crippen MR) is 123 cm³/mol. The predicted octanol–water partition coefficient (Wildman–Crippen LogP) is 4.55. The largest absolute Gasteiger partial charge is 0.347 e. The number of halogens is 1. The Morgan fingerprint density at radius 3 is 2.74 bits per heavy atom. The van der Waals surface area contributed by atoms with Crippen molar-refractivity contribution in [2.45, 2.75) is 31.7 Å². The van der Waals surface area contributed by atoms with Crippen molar-refractivity contribution in [2.24, 2.45) is 0 Å². The Morgan fingerprint density at radius 1 is 1.19 bits per heavy atom. The normalized spacial score (nSPS) is 16.2. The Morgan fingerprint density at radius 2 is 2.00 bits per heavy atom. The maximum atomic E-state index is 13.3. The van der Waals surface area contributed by atoms with Crippen LogP contribution in [0.3, 0.4) is 0 Å². The summed E-state index contributed by atoms with van der Waals surface area (Å²) in [6.45, 7) is 0.723. The molecule has 1 atom stereocenters. The third-order valence-electron chi connectivity index (χ3n) is 5.58. The van der Waals surface area contributed by atoms with Gasteiger partial charge in [-0.1, -0.05) is 23.7 Å². The molecule has 1 fully saturated rings. The Bertz CT molecular complexity index is 1060. The number of pyridine rings is 1. The van der Waals surface area contributed by atoms with Crippen LogP contribution in [0.15, 0.2) is 55.0 Å². The van der Waals surface area contributed by atoms with Crippen LogP contribution < -0.4 is 4.90 Å². The molecular weight excluding hydrogens is 410 g/mol. The molecule has 3 heterocycles. The maximum absolute atomic E-state index is 13.3. The zero-order chi connectivity index (χ0) is 21.8. The summed E-state index contributed by atoms with van der Waals surface area (Å²) in [4.78, 5) is 30.8. The molecule has 0 spiro atoms. The monoisotopic (exact) mass is 435 g/mol. The van der Waals surface area contributed by atoms with Crippen molar-refractivity contribution in [3.63, 3.8) is 0 Å². The van der Waals surface area contributed by atoms with Crippen molar-refractivity contribution in [3.8, 4) is 11.1 Å². The Balaban J connectivity index is 1.71. The van der Waals surface area contributed by atoms with Crippen LogP contribution >= 0.6 is 11.6 Å². The molecule has 6 nitrogen and oxygen atoms in total. The highest BCUT2D eigenvalue weighted by Gasteiger charge is 2.31. The Labute approximate surface area is 187 Å². The van der Waals surface area contributed by atoms with Gasteiger partial charge in [-0.2, -0.15) is 0 Å². The first-order valence-corrected chi connectivity index (χ1v) is 10.9. The fourth-order valence-electron chi connectivity index (χ4n) is 4.05. The summed E-state index contributed by atoms with van der Waals surface area (Å²) in [7, 11) is 3.85. The number of piperidine rings is 1. The van der Waals surface area contributed by atoms with Crippen LogP contribution in [-0.4, -0.2) is 46.4 Å². The summed E-state index contributed by atoms with van der Waals surface area (Å²) in [5.41, 5.74) is 3.76. The van der Waals surface area contributed by atoms with E-state index >= 15 is 0 Å². The van der Waals surface area contributed by atoms with Gasteiger partial charge < -0.3 is 9.80 Å². The second-order valence-corrected chi connectivity index (χ2v) is 8.44. The molecule has 0 N–H and O–H groups in total. The van der Waals surface area contributed by atoms with E-state index < -0.39 is 0 Å². The van der Waals surface area contributed by atoms with Crippen LogP contribution in [0.4, 0.5) is 5.95 Å². The van der Waals surface area contributed by atoms with Gasteiger partial charge in [0.05, 0.1) is 18.2 Å². The molecule has 3 aromatic rings. The highest BCUT2D eigenvalue weighted by Crippen LogP contribution is 2.36. The molecule has 31 heavy (non-hydrogen) atoms. The lowest BCUT2D eigenvalue weighted by molar-refractivity contribution is -0.134. The first-order chi connectivity index (χ1) is 15.0. The van der Waals surface area contributed by atoms with E-state index in [1.165, 1.54) is 0 Å². The number of aromatic nitrogens is 3. The summed E-state index contributed by atoms with van der Waals surface area (Å²) >= 11 is 6.12. The van der Waals surface area contributed by atoms with Gasteiger partial charge in [-0.3, -0.25) is 9.78 Å². The van der Waals surface area contributed by atoms with E-state index in [1.807, 2.05) is 66.5 Å². The summed E-state index contributed by atoms with van der Waals surface area (Å²) in [5, 5.41) is 0.645. The van der Waals surface area contributed by atoms with Crippen LogP contribution in [0.1, 0.15) is 36.6 Å². The van der Waals surface area contributed by atoms with Gasteiger partial charge in [-0.05, 0) is 54.7 Å². The van der Waals surface area contributed by atoms with Crippen LogP contribution in [-0.2, 0) is 11.2 Å². The fraction of sp³-hybridized carbons (Fsp3) is 0.333. The minimum absolute atomic E-state index is 0.0923. The molecule has 160 valence electrons. The van der Waals surface area contributed by atoms with Crippen molar-refractivity contribution in [1.29, 1.82) is 0 Å². The highest BCUT2D eigenvalue weighted by atomic mass is 35.5. The molecule has 2 aromatic heterocycles. The number of nitrogens with zero attached hydrogens (tertiary/aromatic N) is 5. The van der Waals surface area contributed by atoms with Gasteiger partial charge >= 0.3 is 0 Å². The van der Waals surface area contributed by atoms with Gasteiger partial charge in [-0.25, -0.2) is 9.97 Å². The van der Waals surface area contributed by atoms with Crippen molar-refractivity contribution >= 4 is 23.5 Å². The van der Waals surface area contributed by atoms with E-state index in [2.05, 4.69) is 9.97 Å². The average Bonchev–Trinajstić information content (AvgIpc) is 2.79. The number of carbonyl (C=O) groups is 1. The smallest absolute Gasteiger partial charge is 0.227 e. The van der Waals surface area contributed by atoms with E-state index in [9.17, 15) is 4.79 Å². The van der Waals surface area contributed by atoms with Crippen LogP contribution in [0.5, 0.6) is 0 Å². The maximum Gasteiger partial charge on any atom is 0.227 e. The van der Waals surface area contributed by atoms with Gasteiger partial charge in [0.1, 0.15) is 0 Å². The molecule has 1 aliphatic heterocycles. The number of amides is 1. The Hall–Kier alpha value is -2.99. The lowest BCUT2D eigenvalue weighted by Gasteiger charge is -2.36. The number of anilines is 1. The molecule has 1 amide bonds. The standard InChI is InChI=1S/C24H26ClN5O/c1-29(2)24-27-16-20(18-9-11-26-12-10-18)23(28-24)21-8-3-4-13-30(21)22(31)15-17-6-5-7-19(25)14-17/h5-7,9-12,14,16,21H,3-4,8,13,15H2,1-2H3. The van der Waals surface area contributed by atoms with Crippen molar-refractivity contribution in [2.75, 3.05) is 25.5 Å². The molecule has 1 aromatic carbocycles. The number of likely N-dealkylation sites (tertiary alicyclic amines) is 1. The van der Waals surface area contributed by atoms with Gasteiger partial charge in [0, 0.05) is 49.8 Å². The van der Waals surface area contributed by atoms with E-state index in [1.54, 1.807) is 12.4 Å². The first kappa shape index (κ1) is 21.2. The van der Waals surface area contributed by atoms with Gasteiger partial charge in [-0.15, -0.1) is 0 Å². The van der Waals surface area contributed by atoms with Gasteiger partial charge in [0.15, 0.2) is 0 Å². The lowest BCUT2D eigenvalue weighted by Crippen LogP contribution is -2.40. The number of carbonyl (C=O) groups excluding carboxylic acids is 1. The number of benzene rings is 1. The molecule has 0 radical (unpaired) electrons. The zero-order valence-electron chi connectivity index (χ0n) is 17.8. The number of rotatable bonds is 5. The third kappa shape index (κ3) is 4.85. The van der Waals surface area contributed by atoms with Crippen molar-refractivity contribution in [1.82, 2.24) is 19.9 Å².